The molecule has 1 fully saturated rings. The molecule has 0 aromatic heterocycles. The van der Waals surface area contributed by atoms with Gasteiger partial charge >= 0.3 is 0 Å². The van der Waals surface area contributed by atoms with Gasteiger partial charge in [-0.25, -0.2) is 0 Å². The molecule has 4 heteroatoms. The van der Waals surface area contributed by atoms with Gasteiger partial charge in [0, 0.05) is 10.8 Å². The van der Waals surface area contributed by atoms with E-state index in [1.807, 2.05) is 20.8 Å². The predicted molar refractivity (Wildman–Crippen MR) is 62.2 cm³/mol. The lowest BCUT2D eigenvalue weighted by Gasteiger charge is -2.40. The highest BCUT2D eigenvalue weighted by Crippen LogP contribution is 2.45. The molecule has 1 aliphatic carbocycles. The molecule has 0 heterocycles. The molecule has 0 bridgehead atoms. The molecule has 2 amide bonds. The van der Waals surface area contributed by atoms with E-state index < -0.39 is 10.8 Å². The van der Waals surface area contributed by atoms with Crippen LogP contribution in [0.5, 0.6) is 0 Å². The van der Waals surface area contributed by atoms with Gasteiger partial charge in [0.25, 0.3) is 0 Å². The number of carbonyl (C=O) groups excluding carboxylic acids is 2. The summed E-state index contributed by atoms with van der Waals surface area (Å²) >= 11 is 0. The third-order valence-electron chi connectivity index (χ3n) is 4.34. The third kappa shape index (κ3) is 2.20. The first-order chi connectivity index (χ1) is 7.20. The first kappa shape index (κ1) is 13.0. The number of amides is 2. The fourth-order valence-electron chi connectivity index (χ4n) is 2.42. The van der Waals surface area contributed by atoms with Gasteiger partial charge in [0.05, 0.1) is 0 Å². The Morgan fingerprint density at radius 1 is 1.19 bits per heavy atom. The van der Waals surface area contributed by atoms with Crippen molar-refractivity contribution < 1.29 is 9.59 Å². The zero-order valence-corrected chi connectivity index (χ0v) is 10.4. The Kier molecular flexibility index (Phi) is 3.31. The van der Waals surface area contributed by atoms with Crippen LogP contribution in [0.1, 0.15) is 46.5 Å². The van der Waals surface area contributed by atoms with E-state index in [1.54, 1.807) is 0 Å². The molecule has 0 unspecified atom stereocenters. The Labute approximate surface area is 96.8 Å². The molecule has 0 aromatic carbocycles. The lowest BCUT2D eigenvalue weighted by Crippen LogP contribution is -2.44. The standard InChI is InChI=1S/C12H22N2O2/c1-11(2,9(13)15)8-4-6-12(3,7-5-8)10(14)16/h8H,4-7H2,1-3H3,(H2,13,15)(H2,14,16). The summed E-state index contributed by atoms with van der Waals surface area (Å²) < 4.78 is 0. The minimum Gasteiger partial charge on any atom is -0.369 e. The van der Waals surface area contributed by atoms with Gasteiger partial charge in [-0.1, -0.05) is 20.8 Å². The van der Waals surface area contributed by atoms with Crippen molar-refractivity contribution in [2.24, 2.45) is 28.2 Å². The molecular formula is C12H22N2O2. The van der Waals surface area contributed by atoms with Gasteiger partial charge in [-0.05, 0) is 31.6 Å². The van der Waals surface area contributed by atoms with Gasteiger partial charge in [0.1, 0.15) is 0 Å². The number of hydrogen-bond donors (Lipinski definition) is 2. The van der Waals surface area contributed by atoms with Crippen molar-refractivity contribution in [2.75, 3.05) is 0 Å². The predicted octanol–water partition coefficient (Wildman–Crippen LogP) is 1.18. The highest BCUT2D eigenvalue weighted by Gasteiger charge is 2.42. The normalized spacial score (nSPS) is 31.1. The molecule has 1 saturated carbocycles. The molecule has 92 valence electrons. The quantitative estimate of drug-likeness (QED) is 0.757. The molecule has 4 nitrogen and oxygen atoms in total. The molecule has 0 spiro atoms. The Hall–Kier alpha value is -1.06. The first-order valence-electron chi connectivity index (χ1n) is 5.80. The van der Waals surface area contributed by atoms with E-state index in [-0.39, 0.29) is 17.7 Å². The number of hydrogen-bond acceptors (Lipinski definition) is 2. The van der Waals surface area contributed by atoms with Crippen LogP contribution in [0.2, 0.25) is 0 Å². The zero-order valence-electron chi connectivity index (χ0n) is 10.4. The monoisotopic (exact) mass is 226 g/mol. The molecule has 4 N–H and O–H groups in total. The summed E-state index contributed by atoms with van der Waals surface area (Å²) in [5, 5.41) is 0. The van der Waals surface area contributed by atoms with Gasteiger partial charge in [0.2, 0.25) is 11.8 Å². The second kappa shape index (κ2) is 4.07. The van der Waals surface area contributed by atoms with Gasteiger partial charge < -0.3 is 11.5 Å². The van der Waals surface area contributed by atoms with E-state index >= 15 is 0 Å². The Bertz CT molecular complexity index is 302. The van der Waals surface area contributed by atoms with Crippen LogP contribution in [0.25, 0.3) is 0 Å². The zero-order chi connectivity index (χ0) is 12.6. The molecule has 0 radical (unpaired) electrons. The first-order valence-corrected chi connectivity index (χ1v) is 5.80. The summed E-state index contributed by atoms with van der Waals surface area (Å²) in [6, 6.07) is 0. The highest BCUT2D eigenvalue weighted by molar-refractivity contribution is 5.81. The lowest BCUT2D eigenvalue weighted by atomic mass is 9.63. The van der Waals surface area contributed by atoms with Crippen LogP contribution in [-0.2, 0) is 9.59 Å². The van der Waals surface area contributed by atoms with Gasteiger partial charge in [0.15, 0.2) is 0 Å². The average molecular weight is 226 g/mol. The second-order valence-corrected chi connectivity index (χ2v) is 5.79. The van der Waals surface area contributed by atoms with E-state index in [0.29, 0.717) is 0 Å². The van der Waals surface area contributed by atoms with E-state index in [0.717, 1.165) is 25.7 Å². The summed E-state index contributed by atoms with van der Waals surface area (Å²) in [4.78, 5) is 22.6. The molecular weight excluding hydrogens is 204 g/mol. The minimum absolute atomic E-state index is 0.233. The van der Waals surface area contributed by atoms with Crippen molar-refractivity contribution in [1.82, 2.24) is 0 Å². The molecule has 0 aromatic rings. The summed E-state index contributed by atoms with van der Waals surface area (Å²) in [5.74, 6) is -0.236. The van der Waals surface area contributed by atoms with Crippen LogP contribution in [0.4, 0.5) is 0 Å². The van der Waals surface area contributed by atoms with Crippen molar-refractivity contribution in [3.05, 3.63) is 0 Å². The fourth-order valence-corrected chi connectivity index (χ4v) is 2.42. The van der Waals surface area contributed by atoms with E-state index in [1.165, 1.54) is 0 Å². The summed E-state index contributed by atoms with van der Waals surface area (Å²) in [6.07, 6.45) is 3.19. The minimum atomic E-state index is -0.487. The Morgan fingerprint density at radius 3 is 1.94 bits per heavy atom. The van der Waals surface area contributed by atoms with Gasteiger partial charge in [-0.15, -0.1) is 0 Å². The van der Waals surface area contributed by atoms with E-state index in [2.05, 4.69) is 0 Å². The van der Waals surface area contributed by atoms with Crippen LogP contribution in [-0.4, -0.2) is 11.8 Å². The van der Waals surface area contributed by atoms with Crippen molar-refractivity contribution in [3.63, 3.8) is 0 Å². The van der Waals surface area contributed by atoms with Crippen molar-refractivity contribution in [2.45, 2.75) is 46.5 Å². The maximum Gasteiger partial charge on any atom is 0.223 e. The topological polar surface area (TPSA) is 86.2 Å². The van der Waals surface area contributed by atoms with E-state index in [4.69, 9.17) is 11.5 Å². The summed E-state index contributed by atoms with van der Waals surface area (Å²) in [7, 11) is 0. The molecule has 1 aliphatic rings. The summed E-state index contributed by atoms with van der Waals surface area (Å²) in [6.45, 7) is 5.67. The van der Waals surface area contributed by atoms with Crippen LogP contribution in [0, 0.1) is 16.7 Å². The molecule has 1 rings (SSSR count). The third-order valence-corrected chi connectivity index (χ3v) is 4.34. The smallest absolute Gasteiger partial charge is 0.223 e. The molecule has 0 atom stereocenters. The molecule has 0 saturated heterocycles. The number of rotatable bonds is 3. The van der Waals surface area contributed by atoms with Crippen LogP contribution in [0.3, 0.4) is 0 Å². The van der Waals surface area contributed by atoms with Gasteiger partial charge in [-0.3, -0.25) is 9.59 Å². The second-order valence-electron chi connectivity index (χ2n) is 5.79. The maximum absolute atomic E-state index is 11.3. The van der Waals surface area contributed by atoms with Crippen LogP contribution in [0.15, 0.2) is 0 Å². The lowest BCUT2D eigenvalue weighted by molar-refractivity contribution is -0.133. The van der Waals surface area contributed by atoms with Crippen LogP contribution >= 0.6 is 0 Å². The largest absolute Gasteiger partial charge is 0.369 e. The van der Waals surface area contributed by atoms with Crippen molar-refractivity contribution >= 4 is 11.8 Å². The Balaban J connectivity index is 2.69. The van der Waals surface area contributed by atoms with Crippen LogP contribution < -0.4 is 11.5 Å². The Morgan fingerprint density at radius 2 is 1.62 bits per heavy atom. The van der Waals surface area contributed by atoms with Crippen molar-refractivity contribution in [1.29, 1.82) is 0 Å². The molecule has 16 heavy (non-hydrogen) atoms. The average Bonchev–Trinajstić information content (AvgIpc) is 2.18. The highest BCUT2D eigenvalue weighted by atomic mass is 16.1. The number of carbonyl (C=O) groups is 2. The maximum atomic E-state index is 11.3. The van der Waals surface area contributed by atoms with Gasteiger partial charge in [-0.2, -0.15) is 0 Å². The fraction of sp³-hybridized carbons (Fsp3) is 0.833. The van der Waals surface area contributed by atoms with E-state index in [9.17, 15) is 9.59 Å². The summed E-state index contributed by atoms with van der Waals surface area (Å²) in [5.41, 5.74) is 9.90. The van der Waals surface area contributed by atoms with Crippen molar-refractivity contribution in [3.8, 4) is 0 Å². The SMILES string of the molecule is CC1(C(N)=O)CCC(C(C)(C)C(N)=O)CC1. The molecule has 0 aliphatic heterocycles. The number of primary amides is 2. The number of nitrogens with two attached hydrogens (primary N) is 2.